The van der Waals surface area contributed by atoms with Crippen LogP contribution in [-0.2, 0) is 9.59 Å². The molecule has 1 aromatic heterocycles. The Balaban J connectivity index is 1.19. The summed E-state index contributed by atoms with van der Waals surface area (Å²) in [5, 5.41) is 10.0. The third kappa shape index (κ3) is 3.21. The lowest BCUT2D eigenvalue weighted by Crippen LogP contribution is -2.54. The van der Waals surface area contributed by atoms with E-state index in [1.54, 1.807) is 10.9 Å². The second kappa shape index (κ2) is 6.76. The SMILES string of the molecule is O=C(CNC(=O)C12CC3CC(CC(C3)C1)C2)Nc1cccc(-n2cccn2)c1. The van der Waals surface area contributed by atoms with Gasteiger partial charge in [-0.05, 0) is 80.5 Å². The first kappa shape index (κ1) is 17.5. The van der Waals surface area contributed by atoms with Gasteiger partial charge in [-0.3, -0.25) is 9.59 Å². The van der Waals surface area contributed by atoms with E-state index in [9.17, 15) is 9.59 Å². The van der Waals surface area contributed by atoms with E-state index in [2.05, 4.69) is 15.7 Å². The maximum absolute atomic E-state index is 13.0. The molecule has 0 spiro atoms. The molecule has 4 bridgehead atoms. The number of aromatic nitrogens is 2. The molecule has 28 heavy (non-hydrogen) atoms. The molecule has 6 rings (SSSR count). The molecule has 146 valence electrons. The van der Waals surface area contributed by atoms with Crippen LogP contribution in [0, 0.1) is 23.2 Å². The van der Waals surface area contributed by atoms with Crippen molar-refractivity contribution in [2.24, 2.45) is 23.2 Å². The summed E-state index contributed by atoms with van der Waals surface area (Å²) in [5.41, 5.74) is 1.36. The molecule has 6 nitrogen and oxygen atoms in total. The average Bonchev–Trinajstić information content (AvgIpc) is 3.20. The quantitative estimate of drug-likeness (QED) is 0.839. The van der Waals surface area contributed by atoms with Gasteiger partial charge in [0.15, 0.2) is 0 Å². The van der Waals surface area contributed by atoms with Crippen molar-refractivity contribution in [3.63, 3.8) is 0 Å². The number of nitrogens with zero attached hydrogens (tertiary/aromatic N) is 2. The second-order valence-corrected chi connectivity index (χ2v) is 8.93. The van der Waals surface area contributed by atoms with Gasteiger partial charge < -0.3 is 10.6 Å². The lowest BCUT2D eigenvalue weighted by Gasteiger charge is -2.55. The Hall–Kier alpha value is -2.63. The summed E-state index contributed by atoms with van der Waals surface area (Å²) in [4.78, 5) is 25.4. The molecule has 0 saturated heterocycles. The van der Waals surface area contributed by atoms with Crippen LogP contribution in [0.1, 0.15) is 38.5 Å². The fourth-order valence-corrected chi connectivity index (χ4v) is 6.09. The number of hydrogen-bond acceptors (Lipinski definition) is 3. The second-order valence-electron chi connectivity index (χ2n) is 8.93. The third-order valence-corrected chi connectivity index (χ3v) is 6.83. The van der Waals surface area contributed by atoms with E-state index in [1.807, 2.05) is 36.5 Å². The lowest BCUT2D eigenvalue weighted by molar-refractivity contribution is -0.146. The van der Waals surface area contributed by atoms with E-state index in [0.29, 0.717) is 5.69 Å². The van der Waals surface area contributed by atoms with Crippen molar-refractivity contribution in [3.05, 3.63) is 42.7 Å². The molecular formula is C22H26N4O2. The van der Waals surface area contributed by atoms with Gasteiger partial charge in [-0.15, -0.1) is 0 Å². The zero-order valence-corrected chi connectivity index (χ0v) is 15.9. The Morgan fingerprint density at radius 2 is 1.79 bits per heavy atom. The molecule has 2 amide bonds. The first-order chi connectivity index (χ1) is 13.6. The van der Waals surface area contributed by atoms with Gasteiger partial charge >= 0.3 is 0 Å². The van der Waals surface area contributed by atoms with E-state index in [1.165, 1.54) is 19.3 Å². The Morgan fingerprint density at radius 1 is 1.07 bits per heavy atom. The topological polar surface area (TPSA) is 76.0 Å². The van der Waals surface area contributed by atoms with Gasteiger partial charge in [-0.2, -0.15) is 5.10 Å². The summed E-state index contributed by atoms with van der Waals surface area (Å²) in [6, 6.07) is 9.36. The minimum atomic E-state index is -0.213. The number of carbonyl (C=O) groups excluding carboxylic acids is 2. The van der Waals surface area contributed by atoms with Gasteiger partial charge in [0.05, 0.1) is 12.2 Å². The van der Waals surface area contributed by atoms with Crippen LogP contribution in [0.25, 0.3) is 5.69 Å². The largest absolute Gasteiger partial charge is 0.347 e. The monoisotopic (exact) mass is 378 g/mol. The third-order valence-electron chi connectivity index (χ3n) is 6.83. The number of nitrogens with one attached hydrogen (secondary N) is 2. The Morgan fingerprint density at radius 3 is 2.43 bits per heavy atom. The Kier molecular flexibility index (Phi) is 4.22. The summed E-state index contributed by atoms with van der Waals surface area (Å²) < 4.78 is 1.74. The van der Waals surface area contributed by atoms with Crippen LogP contribution in [0.5, 0.6) is 0 Å². The molecule has 4 aliphatic carbocycles. The van der Waals surface area contributed by atoms with Crippen LogP contribution in [-0.4, -0.2) is 28.1 Å². The van der Waals surface area contributed by atoms with Crippen molar-refractivity contribution in [2.45, 2.75) is 38.5 Å². The predicted octanol–water partition coefficient (Wildman–Crippen LogP) is 3.14. The summed E-state index contributed by atoms with van der Waals surface area (Å²) in [6.45, 7) is 0.0204. The number of hydrogen-bond donors (Lipinski definition) is 2. The van der Waals surface area contributed by atoms with Crippen LogP contribution in [0.15, 0.2) is 42.7 Å². The van der Waals surface area contributed by atoms with Gasteiger partial charge in [0.2, 0.25) is 11.8 Å². The lowest BCUT2D eigenvalue weighted by atomic mass is 9.49. The molecular weight excluding hydrogens is 352 g/mol. The number of rotatable bonds is 5. The molecule has 0 atom stereocenters. The highest BCUT2D eigenvalue weighted by atomic mass is 16.2. The standard InChI is InChI=1S/C22H26N4O2/c27-20(25-18-3-1-4-19(10-18)26-6-2-5-24-26)14-23-21(28)22-11-15-7-16(12-22)9-17(8-15)13-22/h1-6,10,15-17H,7-9,11-14H2,(H,23,28)(H,25,27). The normalized spacial score (nSPS) is 30.2. The van der Waals surface area contributed by atoms with Crippen LogP contribution in [0.4, 0.5) is 5.69 Å². The summed E-state index contributed by atoms with van der Waals surface area (Å²) in [5.74, 6) is 2.05. The minimum absolute atomic E-state index is 0.0204. The molecule has 4 saturated carbocycles. The first-order valence-corrected chi connectivity index (χ1v) is 10.3. The highest BCUT2D eigenvalue weighted by molar-refractivity contribution is 5.95. The van der Waals surface area contributed by atoms with Crippen molar-refractivity contribution < 1.29 is 9.59 Å². The van der Waals surface area contributed by atoms with Crippen LogP contribution >= 0.6 is 0 Å². The molecule has 4 aliphatic rings. The maximum atomic E-state index is 13.0. The molecule has 1 heterocycles. The van der Waals surface area contributed by atoms with E-state index >= 15 is 0 Å². The van der Waals surface area contributed by atoms with E-state index < -0.39 is 0 Å². The van der Waals surface area contributed by atoms with Crippen LogP contribution in [0.2, 0.25) is 0 Å². The highest BCUT2D eigenvalue weighted by Gasteiger charge is 2.54. The van der Waals surface area contributed by atoms with E-state index in [-0.39, 0.29) is 23.8 Å². The molecule has 2 aromatic rings. The van der Waals surface area contributed by atoms with Crippen molar-refractivity contribution in [1.82, 2.24) is 15.1 Å². The van der Waals surface area contributed by atoms with Crippen molar-refractivity contribution >= 4 is 17.5 Å². The summed E-state index contributed by atoms with van der Waals surface area (Å²) in [7, 11) is 0. The fraction of sp³-hybridized carbons (Fsp3) is 0.500. The van der Waals surface area contributed by atoms with Gasteiger partial charge in [-0.25, -0.2) is 4.68 Å². The van der Waals surface area contributed by atoms with Gasteiger partial charge in [0.1, 0.15) is 0 Å². The Bertz CT molecular complexity index is 854. The Labute approximate surface area is 164 Å². The molecule has 0 radical (unpaired) electrons. The smallest absolute Gasteiger partial charge is 0.243 e. The first-order valence-electron chi connectivity index (χ1n) is 10.3. The zero-order chi connectivity index (χ0) is 19.1. The average molecular weight is 378 g/mol. The molecule has 1 aromatic carbocycles. The number of anilines is 1. The molecule has 0 aliphatic heterocycles. The summed E-state index contributed by atoms with van der Waals surface area (Å²) >= 11 is 0. The van der Waals surface area contributed by atoms with Crippen molar-refractivity contribution in [1.29, 1.82) is 0 Å². The number of benzene rings is 1. The molecule has 0 unspecified atom stereocenters. The zero-order valence-electron chi connectivity index (χ0n) is 15.9. The van der Waals surface area contributed by atoms with Gasteiger partial charge in [-0.1, -0.05) is 6.07 Å². The van der Waals surface area contributed by atoms with Gasteiger partial charge in [0.25, 0.3) is 0 Å². The molecule has 2 N–H and O–H groups in total. The maximum Gasteiger partial charge on any atom is 0.243 e. The number of carbonyl (C=O) groups is 2. The van der Waals surface area contributed by atoms with Crippen LogP contribution in [0.3, 0.4) is 0 Å². The van der Waals surface area contributed by atoms with E-state index in [0.717, 1.165) is 42.7 Å². The van der Waals surface area contributed by atoms with Gasteiger partial charge in [0, 0.05) is 23.5 Å². The van der Waals surface area contributed by atoms with Crippen molar-refractivity contribution in [3.8, 4) is 5.69 Å². The highest BCUT2D eigenvalue weighted by Crippen LogP contribution is 2.60. The molecule has 4 fully saturated rings. The molecule has 6 heteroatoms. The summed E-state index contributed by atoms with van der Waals surface area (Å²) in [6.07, 6.45) is 10.5. The predicted molar refractivity (Wildman–Crippen MR) is 106 cm³/mol. The minimum Gasteiger partial charge on any atom is -0.347 e. The fourth-order valence-electron chi connectivity index (χ4n) is 6.09. The van der Waals surface area contributed by atoms with Crippen LogP contribution < -0.4 is 10.6 Å². The van der Waals surface area contributed by atoms with Crippen molar-refractivity contribution in [2.75, 3.05) is 11.9 Å². The number of amides is 2. The van der Waals surface area contributed by atoms with E-state index in [4.69, 9.17) is 0 Å².